The number of thiophene rings is 1. The molecular formula is C11H14BrN3S. The Balaban J connectivity index is 1.89. The van der Waals surface area contributed by atoms with Crippen LogP contribution in [0.5, 0.6) is 0 Å². The Hall–Kier alpha value is -0.650. The van der Waals surface area contributed by atoms with Gasteiger partial charge in [-0.2, -0.15) is 5.10 Å². The Morgan fingerprint density at radius 2 is 2.31 bits per heavy atom. The predicted octanol–water partition coefficient (Wildman–Crippen LogP) is 2.84. The zero-order valence-corrected chi connectivity index (χ0v) is 11.7. The molecule has 2 aromatic heterocycles. The van der Waals surface area contributed by atoms with Crippen LogP contribution in [0.1, 0.15) is 16.1 Å². The van der Waals surface area contributed by atoms with Gasteiger partial charge in [-0.1, -0.05) is 0 Å². The molecule has 0 saturated carbocycles. The molecule has 0 amide bonds. The van der Waals surface area contributed by atoms with Gasteiger partial charge in [0.05, 0.1) is 6.20 Å². The molecule has 0 aliphatic carbocycles. The minimum absolute atomic E-state index is 0.865. The van der Waals surface area contributed by atoms with E-state index in [1.54, 1.807) is 11.3 Å². The molecule has 86 valence electrons. The molecule has 0 aliphatic heterocycles. The van der Waals surface area contributed by atoms with Gasteiger partial charge in [0.15, 0.2) is 0 Å². The Morgan fingerprint density at radius 3 is 2.88 bits per heavy atom. The maximum Gasteiger partial charge on any atom is 0.0537 e. The first-order valence-electron chi connectivity index (χ1n) is 5.08. The summed E-state index contributed by atoms with van der Waals surface area (Å²) in [5.41, 5.74) is 2.48. The van der Waals surface area contributed by atoms with Crippen molar-refractivity contribution in [2.45, 2.75) is 20.0 Å². The molecule has 2 rings (SSSR count). The minimum atomic E-state index is 0.865. The second-order valence-electron chi connectivity index (χ2n) is 3.67. The third kappa shape index (κ3) is 2.53. The molecular weight excluding hydrogens is 286 g/mol. The average molecular weight is 300 g/mol. The average Bonchev–Trinajstić information content (AvgIpc) is 2.80. The van der Waals surface area contributed by atoms with E-state index in [9.17, 15) is 0 Å². The van der Waals surface area contributed by atoms with E-state index in [0.29, 0.717) is 0 Å². The van der Waals surface area contributed by atoms with Gasteiger partial charge in [0, 0.05) is 40.7 Å². The van der Waals surface area contributed by atoms with Crippen molar-refractivity contribution in [1.29, 1.82) is 0 Å². The van der Waals surface area contributed by atoms with E-state index in [1.165, 1.54) is 20.6 Å². The summed E-state index contributed by atoms with van der Waals surface area (Å²) in [6.07, 6.45) is 1.92. The molecule has 5 heteroatoms. The minimum Gasteiger partial charge on any atom is -0.308 e. The van der Waals surface area contributed by atoms with Gasteiger partial charge in [-0.05, 0) is 34.3 Å². The lowest BCUT2D eigenvalue weighted by atomic mass is 10.2. The summed E-state index contributed by atoms with van der Waals surface area (Å²) < 4.78 is 3.09. The Morgan fingerprint density at radius 1 is 1.50 bits per heavy atom. The fourth-order valence-electron chi connectivity index (χ4n) is 1.48. The maximum absolute atomic E-state index is 4.22. The zero-order chi connectivity index (χ0) is 11.5. The molecule has 0 bridgehead atoms. The second-order valence-corrected chi connectivity index (χ2v) is 5.53. The van der Waals surface area contributed by atoms with E-state index in [2.05, 4.69) is 44.7 Å². The summed E-state index contributed by atoms with van der Waals surface area (Å²) in [6, 6.07) is 2.08. The highest BCUT2D eigenvalue weighted by Crippen LogP contribution is 2.22. The van der Waals surface area contributed by atoms with Gasteiger partial charge >= 0.3 is 0 Å². The fourth-order valence-corrected chi connectivity index (χ4v) is 2.94. The first-order chi connectivity index (χ1) is 7.68. The van der Waals surface area contributed by atoms with Crippen molar-refractivity contribution in [2.24, 2.45) is 7.05 Å². The van der Waals surface area contributed by atoms with Gasteiger partial charge in [-0.15, -0.1) is 11.3 Å². The Bertz CT molecular complexity index is 475. The summed E-state index contributed by atoms with van der Waals surface area (Å²) in [4.78, 5) is 1.33. The highest BCUT2D eigenvalue weighted by Gasteiger charge is 2.04. The smallest absolute Gasteiger partial charge is 0.0537 e. The zero-order valence-electron chi connectivity index (χ0n) is 9.33. The maximum atomic E-state index is 4.22. The highest BCUT2D eigenvalue weighted by molar-refractivity contribution is 9.10. The summed E-state index contributed by atoms with van der Waals surface area (Å²) >= 11 is 5.29. The van der Waals surface area contributed by atoms with Crippen LogP contribution >= 0.6 is 27.3 Å². The predicted molar refractivity (Wildman–Crippen MR) is 70.5 cm³/mol. The van der Waals surface area contributed by atoms with E-state index >= 15 is 0 Å². The van der Waals surface area contributed by atoms with Gasteiger partial charge in [0.1, 0.15) is 0 Å². The SMILES string of the molecule is Cc1c(CNCc2sccc2Br)cnn1C. The normalized spacial score (nSPS) is 10.9. The molecule has 2 heterocycles. The Kier molecular flexibility index (Phi) is 3.78. The van der Waals surface area contributed by atoms with E-state index in [1.807, 2.05) is 17.9 Å². The van der Waals surface area contributed by atoms with Crippen molar-refractivity contribution >= 4 is 27.3 Å². The topological polar surface area (TPSA) is 29.9 Å². The molecule has 0 fully saturated rings. The first-order valence-corrected chi connectivity index (χ1v) is 6.76. The molecule has 16 heavy (non-hydrogen) atoms. The lowest BCUT2D eigenvalue weighted by molar-refractivity contribution is 0.689. The van der Waals surface area contributed by atoms with Crippen LogP contribution in [-0.4, -0.2) is 9.78 Å². The molecule has 0 unspecified atom stereocenters. The monoisotopic (exact) mass is 299 g/mol. The van der Waals surface area contributed by atoms with Crippen LogP contribution in [0.15, 0.2) is 22.1 Å². The van der Waals surface area contributed by atoms with Gasteiger partial charge in [-0.3, -0.25) is 4.68 Å². The van der Waals surface area contributed by atoms with Crippen molar-refractivity contribution in [3.05, 3.63) is 38.3 Å². The van der Waals surface area contributed by atoms with Crippen LogP contribution in [0.3, 0.4) is 0 Å². The second kappa shape index (κ2) is 5.12. The summed E-state index contributed by atoms with van der Waals surface area (Å²) in [7, 11) is 1.97. The van der Waals surface area contributed by atoms with Crippen molar-refractivity contribution < 1.29 is 0 Å². The number of nitrogens with one attached hydrogen (secondary N) is 1. The molecule has 0 atom stereocenters. The van der Waals surface area contributed by atoms with Gasteiger partial charge in [0.25, 0.3) is 0 Å². The fraction of sp³-hybridized carbons (Fsp3) is 0.364. The van der Waals surface area contributed by atoms with Crippen LogP contribution in [0.2, 0.25) is 0 Å². The van der Waals surface area contributed by atoms with Crippen LogP contribution in [0.25, 0.3) is 0 Å². The van der Waals surface area contributed by atoms with Crippen LogP contribution < -0.4 is 5.32 Å². The first kappa shape index (κ1) is 11.8. The van der Waals surface area contributed by atoms with E-state index in [-0.39, 0.29) is 0 Å². The number of nitrogens with zero attached hydrogens (tertiary/aromatic N) is 2. The van der Waals surface area contributed by atoms with Crippen molar-refractivity contribution in [2.75, 3.05) is 0 Å². The molecule has 0 radical (unpaired) electrons. The van der Waals surface area contributed by atoms with Crippen LogP contribution in [-0.2, 0) is 20.1 Å². The number of aryl methyl sites for hydroxylation is 1. The van der Waals surface area contributed by atoms with Crippen molar-refractivity contribution in [3.63, 3.8) is 0 Å². The molecule has 0 spiro atoms. The van der Waals surface area contributed by atoms with E-state index < -0.39 is 0 Å². The molecule has 0 aromatic carbocycles. The Labute approximate surface area is 108 Å². The lowest BCUT2D eigenvalue weighted by Gasteiger charge is -2.03. The summed E-state index contributed by atoms with van der Waals surface area (Å²) in [5, 5.41) is 9.74. The van der Waals surface area contributed by atoms with Crippen molar-refractivity contribution in [1.82, 2.24) is 15.1 Å². The number of halogens is 1. The number of aromatic nitrogens is 2. The number of hydrogen-bond acceptors (Lipinski definition) is 3. The number of rotatable bonds is 4. The van der Waals surface area contributed by atoms with Crippen molar-refractivity contribution in [3.8, 4) is 0 Å². The molecule has 1 N–H and O–H groups in total. The quantitative estimate of drug-likeness (QED) is 0.941. The molecule has 0 saturated heterocycles. The summed E-state index contributed by atoms with van der Waals surface area (Å²) in [6.45, 7) is 3.85. The molecule has 3 nitrogen and oxygen atoms in total. The van der Waals surface area contributed by atoms with Crippen LogP contribution in [0.4, 0.5) is 0 Å². The summed E-state index contributed by atoms with van der Waals surface area (Å²) in [5.74, 6) is 0. The third-order valence-corrected chi connectivity index (χ3v) is 4.56. The molecule has 2 aromatic rings. The van der Waals surface area contributed by atoms with Crippen LogP contribution in [0, 0.1) is 6.92 Å². The standard InChI is InChI=1S/C11H14BrN3S/c1-8-9(6-14-15(8)2)5-13-7-11-10(12)3-4-16-11/h3-4,6,13H,5,7H2,1-2H3. The van der Waals surface area contributed by atoms with Gasteiger partial charge in [-0.25, -0.2) is 0 Å². The van der Waals surface area contributed by atoms with E-state index in [4.69, 9.17) is 0 Å². The van der Waals surface area contributed by atoms with E-state index in [0.717, 1.165) is 13.1 Å². The number of hydrogen-bond donors (Lipinski definition) is 1. The lowest BCUT2D eigenvalue weighted by Crippen LogP contribution is -2.12. The highest BCUT2D eigenvalue weighted by atomic mass is 79.9. The molecule has 0 aliphatic rings. The largest absolute Gasteiger partial charge is 0.308 e. The third-order valence-electron chi connectivity index (χ3n) is 2.63. The van der Waals surface area contributed by atoms with Gasteiger partial charge in [0.2, 0.25) is 0 Å². The van der Waals surface area contributed by atoms with Gasteiger partial charge < -0.3 is 5.32 Å².